The molecule has 0 aliphatic carbocycles. The summed E-state index contributed by atoms with van der Waals surface area (Å²) in [5, 5.41) is 0. The Morgan fingerprint density at radius 1 is 0.857 bits per heavy atom. The zero-order valence-electron chi connectivity index (χ0n) is 18.5. The van der Waals surface area contributed by atoms with Gasteiger partial charge in [0.15, 0.2) is 0 Å². The molecule has 0 bridgehead atoms. The molecule has 0 spiro atoms. The van der Waals surface area contributed by atoms with Gasteiger partial charge in [-0.25, -0.2) is 0 Å². The van der Waals surface area contributed by atoms with Crippen molar-refractivity contribution in [3.63, 3.8) is 0 Å². The summed E-state index contributed by atoms with van der Waals surface area (Å²) in [5.74, 6) is -2.21. The summed E-state index contributed by atoms with van der Waals surface area (Å²) < 4.78 is 11.3. The Bertz CT molecular complexity index is 487. The van der Waals surface area contributed by atoms with Crippen LogP contribution in [-0.2, 0) is 14.2 Å². The maximum absolute atomic E-state index is 13.2. The van der Waals surface area contributed by atoms with E-state index in [1.807, 2.05) is 13.8 Å². The summed E-state index contributed by atoms with van der Waals surface area (Å²) in [7, 11) is -4.34. The van der Waals surface area contributed by atoms with E-state index in [0.717, 1.165) is 64.2 Å². The van der Waals surface area contributed by atoms with Crippen LogP contribution < -0.4 is 0 Å². The topological polar surface area (TPSA) is 94.9 Å². The van der Waals surface area contributed by atoms with Gasteiger partial charge in [-0.3, -0.25) is 14.2 Å². The van der Waals surface area contributed by atoms with E-state index in [9.17, 15) is 23.9 Å². The van der Waals surface area contributed by atoms with Crippen molar-refractivity contribution in [2.75, 3.05) is 6.16 Å². The number of nitrogens with zero attached hydrogens (tertiary/aromatic N) is 1. The maximum Gasteiger partial charge on any atom is 0.326 e. The first kappa shape index (κ1) is 27.3. The van der Waals surface area contributed by atoms with Crippen LogP contribution in [0.5, 0.6) is 0 Å². The first-order valence-electron chi connectivity index (χ1n) is 11.0. The molecular weight excluding hydrogens is 377 g/mol. The molecule has 1 amide bonds. The second-order valence-corrected chi connectivity index (χ2v) is 9.64. The quantitative estimate of drug-likeness (QED) is 0.210. The zero-order chi connectivity index (χ0) is 21.7. The number of rotatable bonds is 16. The highest BCUT2D eigenvalue weighted by atomic mass is 31.2. The fraction of sp³-hybridized carbons (Fsp3) is 0.905. The van der Waals surface area contributed by atoms with Crippen molar-refractivity contribution in [2.45, 2.75) is 111 Å². The smallest absolute Gasteiger partial charge is 0.326 e. The van der Waals surface area contributed by atoms with Crippen molar-refractivity contribution in [1.82, 2.24) is 4.90 Å². The van der Waals surface area contributed by atoms with E-state index in [0.29, 0.717) is 0 Å². The highest BCUT2D eigenvalue weighted by Crippen LogP contribution is 2.37. The number of Topliss-reactive ketones (excluding diaryl/α,β-unsaturated/α-hetero) is 1. The molecule has 3 atom stereocenters. The van der Waals surface area contributed by atoms with Crippen LogP contribution in [0.4, 0.5) is 0 Å². The molecule has 3 unspecified atom stereocenters. The van der Waals surface area contributed by atoms with Crippen molar-refractivity contribution in [3.8, 4) is 0 Å². The molecule has 0 saturated heterocycles. The van der Waals surface area contributed by atoms with Crippen LogP contribution in [0.2, 0.25) is 0 Å². The van der Waals surface area contributed by atoms with Gasteiger partial charge in [-0.15, -0.1) is 0 Å². The Morgan fingerprint density at radius 2 is 1.29 bits per heavy atom. The Hall–Kier alpha value is -0.710. The summed E-state index contributed by atoms with van der Waals surface area (Å²) in [6, 6.07) is -0.00586. The number of ketones is 1. The molecule has 0 radical (unpaired) electrons. The fourth-order valence-corrected chi connectivity index (χ4v) is 4.63. The highest BCUT2D eigenvalue weighted by Gasteiger charge is 2.36. The third kappa shape index (κ3) is 10.2. The van der Waals surface area contributed by atoms with Gasteiger partial charge >= 0.3 is 7.60 Å². The molecule has 0 aromatic carbocycles. The minimum Gasteiger partial charge on any atom is -0.330 e. The van der Waals surface area contributed by atoms with Gasteiger partial charge in [-0.2, -0.15) is 0 Å². The lowest BCUT2D eigenvalue weighted by molar-refractivity contribution is -0.150. The van der Waals surface area contributed by atoms with Crippen molar-refractivity contribution < 1.29 is 23.9 Å². The molecule has 0 aromatic rings. The van der Waals surface area contributed by atoms with Gasteiger partial charge in [0.25, 0.3) is 5.91 Å². The average molecular weight is 420 g/mol. The number of hydrogen-bond donors (Lipinski definition) is 2. The predicted octanol–water partition coefficient (Wildman–Crippen LogP) is 4.92. The standard InChI is InChI=1S/C21H42NO5P/c1-6-10-12-14-18(8-3)22(19(9-4)15-13-11-7-2)21(24)20(23)17(5)16-28(25,26)27/h17-19H,6-16H2,1-5H3,(H2,25,26,27). The van der Waals surface area contributed by atoms with Crippen molar-refractivity contribution >= 4 is 19.3 Å². The van der Waals surface area contributed by atoms with Crippen LogP contribution in [0.1, 0.15) is 98.8 Å². The van der Waals surface area contributed by atoms with E-state index >= 15 is 0 Å². The SMILES string of the molecule is CCCCCC(CC)N(C(=O)C(=O)C(C)CP(=O)(O)O)C(CC)CCCCC. The van der Waals surface area contributed by atoms with Gasteiger partial charge in [0.1, 0.15) is 0 Å². The van der Waals surface area contributed by atoms with Crippen molar-refractivity contribution in [1.29, 1.82) is 0 Å². The van der Waals surface area contributed by atoms with Crippen molar-refractivity contribution in [3.05, 3.63) is 0 Å². The summed E-state index contributed by atoms with van der Waals surface area (Å²) in [6.07, 6.45) is 9.09. The second kappa shape index (κ2) is 14.3. The summed E-state index contributed by atoms with van der Waals surface area (Å²) in [5.41, 5.74) is 0. The van der Waals surface area contributed by atoms with E-state index < -0.39 is 31.4 Å². The van der Waals surface area contributed by atoms with E-state index in [2.05, 4.69) is 13.8 Å². The Kier molecular flexibility index (Phi) is 13.9. The fourth-order valence-electron chi connectivity index (χ4n) is 3.75. The molecule has 0 fully saturated rings. The van der Waals surface area contributed by atoms with Crippen LogP contribution in [0.25, 0.3) is 0 Å². The van der Waals surface area contributed by atoms with Crippen molar-refractivity contribution in [2.24, 2.45) is 5.92 Å². The summed E-state index contributed by atoms with van der Waals surface area (Å²) in [4.78, 5) is 46.0. The highest BCUT2D eigenvalue weighted by molar-refractivity contribution is 7.51. The molecule has 2 N–H and O–H groups in total. The molecule has 6 nitrogen and oxygen atoms in total. The molecule has 0 heterocycles. The zero-order valence-corrected chi connectivity index (χ0v) is 19.4. The Morgan fingerprint density at radius 3 is 1.61 bits per heavy atom. The van der Waals surface area contributed by atoms with E-state index in [-0.39, 0.29) is 12.1 Å². The van der Waals surface area contributed by atoms with E-state index in [1.165, 1.54) is 6.92 Å². The first-order valence-corrected chi connectivity index (χ1v) is 12.8. The van der Waals surface area contributed by atoms with Gasteiger partial charge in [0, 0.05) is 18.0 Å². The van der Waals surface area contributed by atoms with E-state index in [1.54, 1.807) is 4.90 Å². The molecule has 0 aliphatic heterocycles. The van der Waals surface area contributed by atoms with Crippen LogP contribution in [-0.4, -0.2) is 44.6 Å². The van der Waals surface area contributed by atoms with Crippen LogP contribution >= 0.6 is 7.60 Å². The molecule has 28 heavy (non-hydrogen) atoms. The summed E-state index contributed by atoms with van der Waals surface area (Å²) >= 11 is 0. The number of hydrogen-bond acceptors (Lipinski definition) is 3. The predicted molar refractivity (Wildman–Crippen MR) is 114 cm³/mol. The monoisotopic (exact) mass is 419 g/mol. The van der Waals surface area contributed by atoms with Gasteiger partial charge in [-0.05, 0) is 25.7 Å². The number of carbonyl (C=O) groups excluding carboxylic acids is 2. The minimum atomic E-state index is -4.34. The average Bonchev–Trinajstić information content (AvgIpc) is 2.63. The van der Waals surface area contributed by atoms with Gasteiger partial charge < -0.3 is 14.7 Å². The molecule has 0 aromatic heterocycles. The van der Waals surface area contributed by atoms with Crippen LogP contribution in [0.3, 0.4) is 0 Å². The minimum absolute atomic E-state index is 0.00293. The number of carbonyl (C=O) groups is 2. The molecular formula is C21H42NO5P. The van der Waals surface area contributed by atoms with Gasteiger partial charge in [0.2, 0.25) is 5.78 Å². The Labute approximate surface area is 171 Å². The van der Waals surface area contributed by atoms with Crippen LogP contribution in [0.15, 0.2) is 0 Å². The van der Waals surface area contributed by atoms with Gasteiger partial charge in [0.05, 0.1) is 6.16 Å². The number of amides is 1. The Balaban J connectivity index is 5.54. The molecule has 166 valence electrons. The summed E-state index contributed by atoms with van der Waals surface area (Å²) in [6.45, 7) is 9.79. The molecule has 0 saturated carbocycles. The third-order valence-electron chi connectivity index (χ3n) is 5.42. The first-order chi connectivity index (χ1) is 13.1. The lowest BCUT2D eigenvalue weighted by Crippen LogP contribution is -2.51. The number of unbranched alkanes of at least 4 members (excludes halogenated alkanes) is 4. The van der Waals surface area contributed by atoms with Crippen LogP contribution in [0, 0.1) is 5.92 Å². The lowest BCUT2D eigenvalue weighted by Gasteiger charge is -2.38. The normalized spacial score (nSPS) is 15.1. The second-order valence-electron chi connectivity index (χ2n) is 7.94. The third-order valence-corrected chi connectivity index (χ3v) is 6.44. The lowest BCUT2D eigenvalue weighted by atomic mass is 9.96. The maximum atomic E-state index is 13.2. The molecule has 0 aliphatic rings. The van der Waals surface area contributed by atoms with E-state index in [4.69, 9.17) is 0 Å². The van der Waals surface area contributed by atoms with Gasteiger partial charge in [-0.1, -0.05) is 73.1 Å². The largest absolute Gasteiger partial charge is 0.330 e. The molecule has 7 heteroatoms. The molecule has 0 rings (SSSR count).